The molecule has 0 saturated carbocycles. The van der Waals surface area contributed by atoms with Crippen molar-refractivity contribution in [2.75, 3.05) is 38.8 Å². The van der Waals surface area contributed by atoms with Crippen molar-refractivity contribution in [2.24, 2.45) is 0 Å². The maximum atomic E-state index is 12.6. The molecular weight excluding hydrogens is 985 g/mol. The van der Waals surface area contributed by atoms with Crippen LogP contribution >= 0.6 is 0 Å². The number of hydrogen-bond acceptors (Lipinski definition) is 13. The number of nitrogens with two attached hydrogens (primary N) is 1. The molecule has 0 saturated heterocycles. The van der Waals surface area contributed by atoms with Crippen molar-refractivity contribution in [3.63, 3.8) is 0 Å². The first-order valence-electron chi connectivity index (χ1n) is 27.6. The van der Waals surface area contributed by atoms with E-state index in [9.17, 15) is 39.2 Å². The third-order valence-corrected chi connectivity index (χ3v) is 12.7. The largest absolute Gasteiger partial charge is 0.494 e. The van der Waals surface area contributed by atoms with E-state index in [1.165, 1.54) is 76.0 Å². The van der Waals surface area contributed by atoms with E-state index in [1.54, 1.807) is 24.3 Å². The molecule has 4 rings (SSSR count). The van der Waals surface area contributed by atoms with Crippen LogP contribution in [0.25, 0.3) is 11.1 Å². The molecule has 0 fully saturated rings. The zero-order valence-corrected chi connectivity index (χ0v) is 45.2. The zero-order chi connectivity index (χ0) is 55.9. The minimum Gasteiger partial charge on any atom is -0.494 e. The van der Waals surface area contributed by atoms with E-state index in [1.807, 2.05) is 30.3 Å². The Morgan fingerprint density at radius 1 is 0.532 bits per heavy atom. The highest BCUT2D eigenvalue weighted by atomic mass is 16.6. The Balaban J connectivity index is 0.000000565. The Hall–Kier alpha value is -7.23. The highest BCUT2D eigenvalue weighted by molar-refractivity contribution is 6.04. The molecule has 0 heterocycles. The number of nitro groups is 1. The fourth-order valence-electron chi connectivity index (χ4n) is 8.29. The lowest BCUT2D eigenvalue weighted by molar-refractivity contribution is -0.385. The molecular formula is C61H82N2O14. The van der Waals surface area contributed by atoms with E-state index in [0.29, 0.717) is 48.6 Å². The molecule has 0 radical (unpaired) electrons. The molecule has 4 aromatic rings. The van der Waals surface area contributed by atoms with Gasteiger partial charge in [-0.05, 0) is 80.1 Å². The lowest BCUT2D eigenvalue weighted by Gasteiger charge is -2.12. The van der Waals surface area contributed by atoms with Crippen LogP contribution in [-0.4, -0.2) is 78.0 Å². The molecule has 0 aliphatic heterocycles. The third-order valence-electron chi connectivity index (χ3n) is 12.7. The molecule has 0 unspecified atom stereocenters. The van der Waals surface area contributed by atoms with Crippen LogP contribution in [0.5, 0.6) is 11.5 Å². The van der Waals surface area contributed by atoms with Gasteiger partial charge in [-0.2, -0.15) is 0 Å². The minimum atomic E-state index is -1.34. The van der Waals surface area contributed by atoms with Crippen molar-refractivity contribution < 1.29 is 62.8 Å². The average molecular weight is 1070 g/mol. The molecule has 0 amide bonds. The molecule has 16 heteroatoms. The summed E-state index contributed by atoms with van der Waals surface area (Å²) in [5, 5.41) is 30.2. The summed E-state index contributed by atoms with van der Waals surface area (Å²) >= 11 is 0. The van der Waals surface area contributed by atoms with Gasteiger partial charge in [-0.1, -0.05) is 166 Å². The third kappa shape index (κ3) is 26.9. The van der Waals surface area contributed by atoms with Crippen molar-refractivity contribution >= 4 is 41.2 Å². The SMILES string of the molecule is C=CC(=O)OCCCCCCCCCCCOc1ccccc1.CCCCCCCCOc1cc(N)c(-c2ccc(C(=O)OCCCCCCCCCCCOC(=O)c3cc(C(=O)O)ccc3C(=O)O)cc2)cc1[N+](=O)[O-]. The van der Waals surface area contributed by atoms with Crippen LogP contribution in [0.1, 0.15) is 202 Å². The van der Waals surface area contributed by atoms with Crippen molar-refractivity contribution in [3.8, 4) is 22.6 Å². The quantitative estimate of drug-likeness (QED) is 0.00714. The van der Waals surface area contributed by atoms with Crippen molar-refractivity contribution in [2.45, 2.75) is 161 Å². The normalized spacial score (nSPS) is 10.7. The van der Waals surface area contributed by atoms with Gasteiger partial charge in [0.15, 0.2) is 5.75 Å². The van der Waals surface area contributed by atoms with Crippen LogP contribution in [0, 0.1) is 10.1 Å². The van der Waals surface area contributed by atoms with E-state index in [0.717, 1.165) is 120 Å². The molecule has 0 aliphatic carbocycles. The first-order valence-corrected chi connectivity index (χ1v) is 27.6. The number of nitrogens with zero attached hydrogens (tertiary/aromatic N) is 1. The monoisotopic (exact) mass is 1070 g/mol. The van der Waals surface area contributed by atoms with Crippen molar-refractivity contribution in [3.05, 3.63) is 130 Å². The fraction of sp³-hybridized carbons (Fsp3) is 0.492. The zero-order valence-electron chi connectivity index (χ0n) is 45.2. The van der Waals surface area contributed by atoms with E-state index >= 15 is 0 Å². The van der Waals surface area contributed by atoms with Crippen molar-refractivity contribution in [1.29, 1.82) is 0 Å². The number of carboxylic acids is 2. The van der Waals surface area contributed by atoms with Gasteiger partial charge in [0.25, 0.3) is 0 Å². The maximum absolute atomic E-state index is 12.6. The highest BCUT2D eigenvalue weighted by Gasteiger charge is 2.22. The number of rotatable bonds is 40. The van der Waals surface area contributed by atoms with Gasteiger partial charge in [0.2, 0.25) is 0 Å². The second-order valence-electron chi connectivity index (χ2n) is 18.9. The number of unbranched alkanes of at least 4 members (excludes halogenated alkanes) is 21. The number of nitrogen functional groups attached to an aromatic ring is 1. The lowest BCUT2D eigenvalue weighted by atomic mass is 10.0. The number of carboxylic acid groups (broad SMARTS) is 2. The Morgan fingerprint density at radius 3 is 1.49 bits per heavy atom. The second kappa shape index (κ2) is 39.2. The summed E-state index contributed by atoms with van der Waals surface area (Å²) in [6.45, 7) is 7.66. The average Bonchev–Trinajstić information content (AvgIpc) is 3.43. The van der Waals surface area contributed by atoms with E-state index in [4.69, 9.17) is 34.5 Å². The number of para-hydroxylation sites is 1. The molecule has 0 spiro atoms. The van der Waals surface area contributed by atoms with Gasteiger partial charge in [0, 0.05) is 29.5 Å². The Labute approximate surface area is 454 Å². The predicted octanol–water partition coefficient (Wildman–Crippen LogP) is 14.8. The van der Waals surface area contributed by atoms with E-state index < -0.39 is 28.8 Å². The summed E-state index contributed by atoms with van der Waals surface area (Å²) < 4.78 is 27.0. The van der Waals surface area contributed by atoms with Crippen LogP contribution in [0.15, 0.2) is 97.6 Å². The number of anilines is 1. The molecule has 0 aromatic heterocycles. The molecule has 77 heavy (non-hydrogen) atoms. The number of benzene rings is 4. The summed E-state index contributed by atoms with van der Waals surface area (Å²) in [5.41, 5.74) is 7.17. The number of esters is 3. The van der Waals surface area contributed by atoms with Gasteiger partial charge >= 0.3 is 35.5 Å². The molecule has 4 N–H and O–H groups in total. The molecule has 16 nitrogen and oxygen atoms in total. The topological polar surface area (TPSA) is 241 Å². The standard InChI is InChI=1S/C41H52N2O11.C20H30O3/c1-2-3-4-5-11-14-23-52-37-28-35(42)33(27-36(37)43(50)51)29-17-19-30(20-18-29)40(48)53-24-15-12-9-7-6-8-10-13-16-25-54-41(49)34-26-31(38(44)45)21-22-32(34)39(46)47;1-2-20(21)23-18-14-9-7-5-3-4-6-8-13-17-22-19-15-11-10-12-16-19/h17-22,26-28H,2-16,23-25,42H2,1H3,(H,44,45)(H,46,47);2,10-12,15-16H,1,3-9,13-14,17-18H2. The molecule has 0 atom stereocenters. The van der Waals surface area contributed by atoms with Crippen LogP contribution in [0.3, 0.4) is 0 Å². The Morgan fingerprint density at radius 2 is 1.00 bits per heavy atom. The molecule has 0 bridgehead atoms. The summed E-state index contributed by atoms with van der Waals surface area (Å²) in [4.78, 5) is 69.7. The molecule has 420 valence electrons. The number of carbonyl (C=O) groups is 5. The van der Waals surface area contributed by atoms with Crippen LogP contribution in [0.4, 0.5) is 11.4 Å². The lowest BCUT2D eigenvalue weighted by Crippen LogP contribution is -2.14. The summed E-state index contributed by atoms with van der Waals surface area (Å²) in [5.74, 6) is -3.12. The van der Waals surface area contributed by atoms with Crippen molar-refractivity contribution in [1.82, 2.24) is 0 Å². The Bertz CT molecular complexity index is 2390. The van der Waals surface area contributed by atoms with E-state index in [2.05, 4.69) is 13.5 Å². The van der Waals surface area contributed by atoms with Gasteiger partial charge in [0.05, 0.1) is 60.2 Å². The molecule has 0 aliphatic rings. The molecule has 4 aromatic carbocycles. The van der Waals surface area contributed by atoms with E-state index in [-0.39, 0.29) is 40.7 Å². The van der Waals surface area contributed by atoms with Crippen LogP contribution < -0.4 is 15.2 Å². The van der Waals surface area contributed by atoms with Gasteiger partial charge < -0.3 is 39.6 Å². The van der Waals surface area contributed by atoms with Gasteiger partial charge in [-0.3, -0.25) is 10.1 Å². The van der Waals surface area contributed by atoms with Crippen LogP contribution in [0.2, 0.25) is 0 Å². The second-order valence-corrected chi connectivity index (χ2v) is 18.9. The first kappa shape index (κ1) is 64.1. The van der Waals surface area contributed by atoms with Gasteiger partial charge in [-0.25, -0.2) is 24.0 Å². The number of aromatic carboxylic acids is 2. The number of ether oxygens (including phenoxy) is 5. The minimum absolute atomic E-state index is 0.112. The fourth-order valence-corrected chi connectivity index (χ4v) is 8.29. The number of hydrogen-bond donors (Lipinski definition) is 3. The smallest absolute Gasteiger partial charge is 0.339 e. The maximum Gasteiger partial charge on any atom is 0.339 e. The number of nitro benzene ring substituents is 1. The summed E-state index contributed by atoms with van der Waals surface area (Å²) in [6.07, 6.45) is 26.7. The summed E-state index contributed by atoms with van der Waals surface area (Å²) in [6, 6.07) is 22.7. The first-order chi connectivity index (χ1) is 37.4. The number of carbonyl (C=O) groups excluding carboxylic acids is 3. The van der Waals surface area contributed by atoms with Gasteiger partial charge in [-0.15, -0.1) is 0 Å². The summed E-state index contributed by atoms with van der Waals surface area (Å²) in [7, 11) is 0. The Kier molecular flexibility index (Phi) is 32.6. The highest BCUT2D eigenvalue weighted by Crippen LogP contribution is 2.37. The predicted molar refractivity (Wildman–Crippen MR) is 299 cm³/mol. The van der Waals surface area contributed by atoms with Gasteiger partial charge in [0.1, 0.15) is 5.75 Å². The van der Waals surface area contributed by atoms with Crippen LogP contribution in [-0.2, 0) is 19.0 Å².